The number of rotatable bonds is 4. The molecule has 2 N–H and O–H groups in total. The van der Waals surface area contributed by atoms with Crippen molar-refractivity contribution in [2.75, 3.05) is 20.2 Å². The number of nitrogens with zero attached hydrogens (tertiary/aromatic N) is 1. The van der Waals surface area contributed by atoms with E-state index in [1.165, 1.54) is 30.5 Å². The van der Waals surface area contributed by atoms with Crippen molar-refractivity contribution < 1.29 is 19.7 Å². The molecule has 2 aliphatic heterocycles. The molecular formula is C29H41NO4. The highest BCUT2D eigenvalue weighted by Gasteiger charge is 2.82. The van der Waals surface area contributed by atoms with Gasteiger partial charge in [-0.3, -0.25) is 4.90 Å². The summed E-state index contributed by atoms with van der Waals surface area (Å²) in [5, 5.41) is 23.2. The molecule has 1 saturated heterocycles. The Hall–Kier alpha value is -1.30. The van der Waals surface area contributed by atoms with E-state index in [2.05, 4.69) is 31.7 Å². The van der Waals surface area contributed by atoms with E-state index in [1.54, 1.807) is 0 Å². The Morgan fingerprint density at radius 3 is 2.59 bits per heavy atom. The van der Waals surface area contributed by atoms with Crippen LogP contribution >= 0.6 is 0 Å². The van der Waals surface area contributed by atoms with E-state index < -0.39 is 11.2 Å². The number of ether oxygens (including phenoxy) is 2. The van der Waals surface area contributed by atoms with Crippen molar-refractivity contribution in [2.45, 2.75) is 101 Å². The zero-order chi connectivity index (χ0) is 23.9. The van der Waals surface area contributed by atoms with Crippen LogP contribution in [0.3, 0.4) is 0 Å². The van der Waals surface area contributed by atoms with Gasteiger partial charge in [-0.2, -0.15) is 0 Å². The first-order valence-corrected chi connectivity index (χ1v) is 13.6. The highest BCUT2D eigenvalue weighted by molar-refractivity contribution is 5.63. The van der Waals surface area contributed by atoms with E-state index in [4.69, 9.17) is 9.47 Å². The monoisotopic (exact) mass is 467 g/mol. The molecule has 5 aliphatic carbocycles. The van der Waals surface area contributed by atoms with Crippen LogP contribution in [0, 0.1) is 22.7 Å². The maximum absolute atomic E-state index is 12.2. The predicted molar refractivity (Wildman–Crippen MR) is 130 cm³/mol. The van der Waals surface area contributed by atoms with Gasteiger partial charge in [-0.15, -0.1) is 0 Å². The van der Waals surface area contributed by atoms with Crippen LogP contribution in [0.2, 0.25) is 0 Å². The summed E-state index contributed by atoms with van der Waals surface area (Å²) in [6.45, 7) is 10.8. The number of hydrogen-bond donors (Lipinski definition) is 2. The number of likely N-dealkylation sites (tertiary alicyclic amines) is 1. The van der Waals surface area contributed by atoms with Crippen LogP contribution in [0.25, 0.3) is 0 Å². The van der Waals surface area contributed by atoms with E-state index in [0.29, 0.717) is 11.8 Å². The van der Waals surface area contributed by atoms with Gasteiger partial charge in [-0.25, -0.2) is 0 Å². The van der Waals surface area contributed by atoms with E-state index >= 15 is 0 Å². The number of aromatic hydroxyl groups is 1. The SMILES string of the molecule is CO[C@]12CC[C@@]3(C[C@H]1[C@@](C)(O)C(C)(C)C)[C@H]1Cc4ccc(O)c5c4[C@@]3(CCN1CC1CC1)[C@H]2O5. The number of fused-ring (bicyclic) bond motifs is 2. The Morgan fingerprint density at radius 1 is 1.15 bits per heavy atom. The summed E-state index contributed by atoms with van der Waals surface area (Å²) < 4.78 is 13.5. The molecule has 5 heteroatoms. The zero-order valence-corrected chi connectivity index (χ0v) is 21.5. The lowest BCUT2D eigenvalue weighted by Gasteiger charge is -2.75. The Bertz CT molecular complexity index is 1060. The van der Waals surface area contributed by atoms with Gasteiger partial charge in [0.05, 0.1) is 5.60 Å². The summed E-state index contributed by atoms with van der Waals surface area (Å²) in [5.74, 6) is 1.80. The fourth-order valence-electron chi connectivity index (χ4n) is 9.58. The second-order valence-corrected chi connectivity index (χ2v) is 13.8. The number of phenols is 1. The van der Waals surface area contributed by atoms with Crippen molar-refractivity contribution in [3.8, 4) is 11.5 Å². The lowest BCUT2D eigenvalue weighted by Crippen LogP contribution is -2.83. The highest BCUT2D eigenvalue weighted by Crippen LogP contribution is 2.78. The molecule has 2 spiro atoms. The lowest BCUT2D eigenvalue weighted by atomic mass is 9.33. The molecule has 0 aromatic heterocycles. The van der Waals surface area contributed by atoms with Gasteiger partial charge < -0.3 is 19.7 Å². The van der Waals surface area contributed by atoms with Crippen molar-refractivity contribution in [3.63, 3.8) is 0 Å². The summed E-state index contributed by atoms with van der Waals surface area (Å²) in [6.07, 6.45) is 7.64. The molecule has 7 aliphatic rings. The third kappa shape index (κ3) is 2.25. The molecule has 5 fully saturated rings. The number of phenolic OH excluding ortho intramolecular Hbond substituents is 1. The first kappa shape index (κ1) is 21.9. The van der Waals surface area contributed by atoms with Crippen LogP contribution in [0.15, 0.2) is 12.1 Å². The van der Waals surface area contributed by atoms with E-state index in [1.807, 2.05) is 20.1 Å². The van der Waals surface area contributed by atoms with Crippen molar-refractivity contribution in [1.29, 1.82) is 0 Å². The molecule has 8 rings (SSSR count). The number of benzene rings is 1. The predicted octanol–water partition coefficient (Wildman–Crippen LogP) is 4.41. The first-order chi connectivity index (χ1) is 16.0. The average molecular weight is 468 g/mol. The van der Waals surface area contributed by atoms with Gasteiger partial charge in [0.15, 0.2) is 11.5 Å². The van der Waals surface area contributed by atoms with Gasteiger partial charge in [0.2, 0.25) is 0 Å². The topological polar surface area (TPSA) is 62.2 Å². The maximum Gasteiger partial charge on any atom is 0.165 e. The summed E-state index contributed by atoms with van der Waals surface area (Å²) in [6, 6.07) is 4.46. The molecule has 1 aromatic rings. The van der Waals surface area contributed by atoms with Crippen molar-refractivity contribution in [2.24, 2.45) is 22.7 Å². The molecule has 0 radical (unpaired) electrons. The molecule has 186 valence electrons. The van der Waals surface area contributed by atoms with Gasteiger partial charge in [-0.05, 0) is 81.4 Å². The fourth-order valence-corrected chi connectivity index (χ4v) is 9.58. The van der Waals surface area contributed by atoms with Crippen molar-refractivity contribution in [3.05, 3.63) is 23.3 Å². The first-order valence-electron chi connectivity index (χ1n) is 13.6. The number of piperidine rings is 1. The smallest absolute Gasteiger partial charge is 0.165 e. The number of hydrogen-bond acceptors (Lipinski definition) is 5. The summed E-state index contributed by atoms with van der Waals surface area (Å²) in [7, 11) is 1.83. The van der Waals surface area contributed by atoms with E-state index in [0.717, 1.165) is 44.6 Å². The van der Waals surface area contributed by atoms with Gasteiger partial charge in [-0.1, -0.05) is 26.8 Å². The lowest BCUT2D eigenvalue weighted by molar-refractivity contribution is -0.312. The van der Waals surface area contributed by atoms with Crippen molar-refractivity contribution in [1.82, 2.24) is 4.90 Å². The standard InChI is InChI=1S/C29H41NO4/c1-25(2,3)26(4,32)20-15-27-10-11-29(20,33-5)24-28(27)12-13-30(16-17-6-7-17)21(27)14-18-8-9-19(31)23(34-24)22(18)28/h8-9,17,20-21,24,31-32H,6-7,10-16H2,1-5H3/t20-,21+,24+,26+,27+,28-,29+/m0/s1. The van der Waals surface area contributed by atoms with E-state index in [9.17, 15) is 10.2 Å². The second-order valence-electron chi connectivity index (χ2n) is 13.8. The minimum absolute atomic E-state index is 0.0294. The Kier molecular flexibility index (Phi) is 4.08. The molecule has 4 bridgehead atoms. The largest absolute Gasteiger partial charge is 0.504 e. The quantitative estimate of drug-likeness (QED) is 0.687. The maximum atomic E-state index is 12.2. The van der Waals surface area contributed by atoms with Crippen molar-refractivity contribution >= 4 is 0 Å². The van der Waals surface area contributed by atoms with Crippen LogP contribution in [0.5, 0.6) is 11.5 Å². The third-order valence-corrected chi connectivity index (χ3v) is 11.9. The van der Waals surface area contributed by atoms with Crippen LogP contribution < -0.4 is 4.74 Å². The molecular weight excluding hydrogens is 426 g/mol. The molecule has 34 heavy (non-hydrogen) atoms. The minimum Gasteiger partial charge on any atom is -0.504 e. The van der Waals surface area contributed by atoms with E-state index in [-0.39, 0.29) is 34.0 Å². The molecule has 5 nitrogen and oxygen atoms in total. The van der Waals surface area contributed by atoms with Gasteiger partial charge >= 0.3 is 0 Å². The highest BCUT2D eigenvalue weighted by atomic mass is 16.6. The fraction of sp³-hybridized carbons (Fsp3) is 0.793. The van der Waals surface area contributed by atoms with Crippen LogP contribution in [-0.2, 0) is 16.6 Å². The minimum atomic E-state index is -0.909. The van der Waals surface area contributed by atoms with Gasteiger partial charge in [0.1, 0.15) is 11.7 Å². The second kappa shape index (κ2) is 6.33. The normalized spacial score (nSPS) is 43.9. The Labute approximate surface area is 203 Å². The number of methoxy groups -OCH3 is 1. The van der Waals surface area contributed by atoms with Crippen LogP contribution in [0.4, 0.5) is 0 Å². The molecule has 4 saturated carbocycles. The van der Waals surface area contributed by atoms with Crippen LogP contribution in [0.1, 0.15) is 77.3 Å². The molecule has 0 amide bonds. The molecule has 1 aromatic carbocycles. The average Bonchev–Trinajstić information content (AvgIpc) is 3.53. The molecule has 0 unspecified atom stereocenters. The Morgan fingerprint density at radius 2 is 1.91 bits per heavy atom. The zero-order valence-electron chi connectivity index (χ0n) is 21.5. The summed E-state index contributed by atoms with van der Waals surface area (Å²) >= 11 is 0. The summed E-state index contributed by atoms with van der Waals surface area (Å²) in [4.78, 5) is 2.82. The third-order valence-electron chi connectivity index (χ3n) is 11.9. The number of aliphatic hydroxyl groups is 1. The van der Waals surface area contributed by atoms with Gasteiger partial charge in [0, 0.05) is 42.0 Å². The van der Waals surface area contributed by atoms with Crippen LogP contribution in [-0.4, -0.2) is 58.7 Å². The Balaban J connectivity index is 1.47. The van der Waals surface area contributed by atoms with Gasteiger partial charge in [0.25, 0.3) is 0 Å². The molecule has 2 heterocycles. The summed E-state index contributed by atoms with van der Waals surface area (Å²) in [5.41, 5.74) is 0.783. The molecule has 7 atom stereocenters.